The van der Waals surface area contributed by atoms with Crippen LogP contribution in [0, 0.1) is 5.92 Å². The van der Waals surface area contributed by atoms with Gasteiger partial charge in [0.25, 0.3) is 0 Å². The molecule has 0 aliphatic carbocycles. The Kier molecular flexibility index (Phi) is 5.77. The summed E-state index contributed by atoms with van der Waals surface area (Å²) in [7, 11) is 0. The molecule has 0 amide bonds. The maximum atomic E-state index is 11.1. The van der Waals surface area contributed by atoms with Gasteiger partial charge in [0.2, 0.25) is 0 Å². The van der Waals surface area contributed by atoms with Crippen LogP contribution in [-0.2, 0) is 9.53 Å². The predicted octanol–water partition coefficient (Wildman–Crippen LogP) is 2.76. The summed E-state index contributed by atoms with van der Waals surface area (Å²) in [6, 6.07) is 0. The third kappa shape index (κ3) is 4.37. The van der Waals surface area contributed by atoms with Crippen LogP contribution in [0.3, 0.4) is 0 Å². The van der Waals surface area contributed by atoms with Crippen molar-refractivity contribution in [1.29, 1.82) is 0 Å². The molecule has 0 heterocycles. The van der Waals surface area contributed by atoms with E-state index in [-0.39, 0.29) is 12.1 Å². The molecule has 2 heteroatoms. The molecule has 0 saturated carbocycles. The van der Waals surface area contributed by atoms with Crippen LogP contribution in [0.2, 0.25) is 0 Å². The molecule has 0 rings (SSSR count). The Bertz CT molecular complexity index is 130. The Labute approximate surface area is 75.3 Å². The van der Waals surface area contributed by atoms with Gasteiger partial charge in [-0.25, -0.2) is 0 Å². The van der Waals surface area contributed by atoms with Crippen molar-refractivity contribution in [2.24, 2.45) is 5.92 Å². The maximum Gasteiger partial charge on any atom is 0.306 e. The van der Waals surface area contributed by atoms with Gasteiger partial charge in [-0.3, -0.25) is 4.79 Å². The van der Waals surface area contributed by atoms with Crippen LogP contribution in [0.25, 0.3) is 0 Å². The number of esters is 1. The lowest BCUT2D eigenvalue weighted by atomic mass is 10.1. The quantitative estimate of drug-likeness (QED) is 0.596. The standard InChI is InChI=1S/C10H20O2/c1-5-7-10(11)12-9(6-2)8(3)4/h8-9H,5-7H2,1-4H3. The number of hydrogen-bond donors (Lipinski definition) is 0. The number of rotatable bonds is 5. The first-order valence-corrected chi connectivity index (χ1v) is 4.81. The van der Waals surface area contributed by atoms with Crippen LogP contribution in [0.5, 0.6) is 0 Å². The molecule has 0 aliphatic heterocycles. The highest BCUT2D eigenvalue weighted by Gasteiger charge is 2.14. The van der Waals surface area contributed by atoms with Crippen LogP contribution >= 0.6 is 0 Å². The lowest BCUT2D eigenvalue weighted by Crippen LogP contribution is -2.22. The van der Waals surface area contributed by atoms with Crippen molar-refractivity contribution < 1.29 is 9.53 Å². The Hall–Kier alpha value is -0.530. The van der Waals surface area contributed by atoms with Crippen molar-refractivity contribution in [2.45, 2.75) is 53.1 Å². The first-order chi connectivity index (χ1) is 5.61. The fourth-order valence-corrected chi connectivity index (χ4v) is 1.12. The molecule has 0 saturated heterocycles. The van der Waals surface area contributed by atoms with Crippen molar-refractivity contribution >= 4 is 5.97 Å². The second-order valence-electron chi connectivity index (χ2n) is 3.43. The normalized spacial score (nSPS) is 13.1. The molecule has 0 N–H and O–H groups in total. The molecular formula is C10H20O2. The molecule has 1 atom stereocenters. The SMILES string of the molecule is CCCC(=O)OC(CC)C(C)C. The highest BCUT2D eigenvalue weighted by Crippen LogP contribution is 2.11. The summed E-state index contributed by atoms with van der Waals surface area (Å²) >= 11 is 0. The summed E-state index contributed by atoms with van der Waals surface area (Å²) in [5, 5.41) is 0. The largest absolute Gasteiger partial charge is 0.462 e. The zero-order valence-corrected chi connectivity index (χ0v) is 8.59. The average Bonchev–Trinajstić information content (AvgIpc) is 2.00. The summed E-state index contributed by atoms with van der Waals surface area (Å²) in [6.07, 6.45) is 2.42. The summed E-state index contributed by atoms with van der Waals surface area (Å²) in [4.78, 5) is 11.1. The smallest absolute Gasteiger partial charge is 0.306 e. The van der Waals surface area contributed by atoms with Gasteiger partial charge in [0, 0.05) is 6.42 Å². The number of carbonyl (C=O) groups excluding carboxylic acids is 1. The van der Waals surface area contributed by atoms with Crippen LogP contribution in [0.15, 0.2) is 0 Å². The third-order valence-corrected chi connectivity index (χ3v) is 1.88. The van der Waals surface area contributed by atoms with E-state index in [4.69, 9.17) is 4.74 Å². The van der Waals surface area contributed by atoms with Gasteiger partial charge >= 0.3 is 5.97 Å². The van der Waals surface area contributed by atoms with Crippen molar-refractivity contribution in [3.63, 3.8) is 0 Å². The Balaban J connectivity index is 3.77. The van der Waals surface area contributed by atoms with E-state index in [2.05, 4.69) is 13.8 Å². The zero-order chi connectivity index (χ0) is 9.56. The topological polar surface area (TPSA) is 26.3 Å². The van der Waals surface area contributed by atoms with Crippen molar-refractivity contribution in [3.05, 3.63) is 0 Å². The molecular weight excluding hydrogens is 152 g/mol. The summed E-state index contributed by atoms with van der Waals surface area (Å²) in [5.74, 6) is 0.369. The molecule has 0 radical (unpaired) electrons. The molecule has 72 valence electrons. The third-order valence-electron chi connectivity index (χ3n) is 1.88. The molecule has 0 aromatic heterocycles. The van der Waals surface area contributed by atoms with Gasteiger partial charge < -0.3 is 4.74 Å². The minimum Gasteiger partial charge on any atom is -0.462 e. The fourth-order valence-electron chi connectivity index (χ4n) is 1.12. The van der Waals surface area contributed by atoms with Gasteiger partial charge in [-0.2, -0.15) is 0 Å². The molecule has 12 heavy (non-hydrogen) atoms. The van der Waals surface area contributed by atoms with E-state index < -0.39 is 0 Å². The molecule has 0 bridgehead atoms. The highest BCUT2D eigenvalue weighted by atomic mass is 16.5. The van der Waals surface area contributed by atoms with Crippen molar-refractivity contribution in [3.8, 4) is 0 Å². The molecule has 0 aromatic carbocycles. The highest BCUT2D eigenvalue weighted by molar-refractivity contribution is 5.69. The van der Waals surface area contributed by atoms with Crippen molar-refractivity contribution in [2.75, 3.05) is 0 Å². The maximum absolute atomic E-state index is 11.1. The van der Waals surface area contributed by atoms with Gasteiger partial charge in [-0.1, -0.05) is 27.7 Å². The van der Waals surface area contributed by atoms with Gasteiger partial charge in [-0.15, -0.1) is 0 Å². The lowest BCUT2D eigenvalue weighted by Gasteiger charge is -2.19. The second-order valence-corrected chi connectivity index (χ2v) is 3.43. The molecule has 0 fully saturated rings. The first-order valence-electron chi connectivity index (χ1n) is 4.81. The fraction of sp³-hybridized carbons (Fsp3) is 0.900. The van der Waals surface area contributed by atoms with E-state index in [9.17, 15) is 4.79 Å². The van der Waals surface area contributed by atoms with Crippen LogP contribution in [-0.4, -0.2) is 12.1 Å². The van der Waals surface area contributed by atoms with E-state index >= 15 is 0 Å². The zero-order valence-electron chi connectivity index (χ0n) is 8.59. The number of hydrogen-bond acceptors (Lipinski definition) is 2. The Morgan fingerprint density at radius 1 is 1.33 bits per heavy atom. The molecule has 0 spiro atoms. The number of ether oxygens (including phenoxy) is 1. The van der Waals surface area contributed by atoms with Gasteiger partial charge in [-0.05, 0) is 18.8 Å². The molecule has 0 aliphatic rings. The molecule has 2 nitrogen and oxygen atoms in total. The second kappa shape index (κ2) is 6.04. The number of carbonyl (C=O) groups is 1. The minimum atomic E-state index is -0.0574. The van der Waals surface area contributed by atoms with E-state index in [0.717, 1.165) is 12.8 Å². The molecule has 0 aromatic rings. The van der Waals surface area contributed by atoms with Crippen LogP contribution < -0.4 is 0 Å². The van der Waals surface area contributed by atoms with Crippen LogP contribution in [0.4, 0.5) is 0 Å². The van der Waals surface area contributed by atoms with Gasteiger partial charge in [0.1, 0.15) is 6.10 Å². The minimum absolute atomic E-state index is 0.0574. The Morgan fingerprint density at radius 3 is 2.25 bits per heavy atom. The summed E-state index contributed by atoms with van der Waals surface area (Å²) in [6.45, 7) is 8.18. The summed E-state index contributed by atoms with van der Waals surface area (Å²) in [5.41, 5.74) is 0. The Morgan fingerprint density at radius 2 is 1.92 bits per heavy atom. The monoisotopic (exact) mass is 172 g/mol. The predicted molar refractivity (Wildman–Crippen MR) is 49.9 cm³/mol. The molecule has 1 unspecified atom stereocenters. The van der Waals surface area contributed by atoms with Gasteiger partial charge in [0.05, 0.1) is 0 Å². The first kappa shape index (κ1) is 11.5. The van der Waals surface area contributed by atoms with E-state index in [1.54, 1.807) is 0 Å². The van der Waals surface area contributed by atoms with E-state index in [1.165, 1.54) is 0 Å². The van der Waals surface area contributed by atoms with Crippen molar-refractivity contribution in [1.82, 2.24) is 0 Å². The van der Waals surface area contributed by atoms with Gasteiger partial charge in [0.15, 0.2) is 0 Å². The van der Waals surface area contributed by atoms with E-state index in [0.29, 0.717) is 12.3 Å². The lowest BCUT2D eigenvalue weighted by molar-refractivity contribution is -0.151. The average molecular weight is 172 g/mol. The summed E-state index contributed by atoms with van der Waals surface area (Å²) < 4.78 is 5.26. The van der Waals surface area contributed by atoms with Crippen LogP contribution in [0.1, 0.15) is 47.0 Å². The van der Waals surface area contributed by atoms with E-state index in [1.807, 2.05) is 13.8 Å².